The molecule has 96 valence electrons. The molecule has 1 aliphatic rings. The van der Waals surface area contributed by atoms with Crippen LogP contribution >= 0.6 is 0 Å². The Kier molecular flexibility index (Phi) is 3.66. The number of nitrogens with one attached hydrogen (secondary N) is 1. The van der Waals surface area contributed by atoms with Gasteiger partial charge in [0.2, 0.25) is 10.0 Å². The van der Waals surface area contributed by atoms with Gasteiger partial charge in [-0.2, -0.15) is 9.57 Å². The second kappa shape index (κ2) is 5.06. The molecule has 1 aromatic rings. The highest BCUT2D eigenvalue weighted by Gasteiger charge is 2.29. The molecule has 2 rings (SSSR count). The van der Waals surface area contributed by atoms with Crippen molar-refractivity contribution in [3.63, 3.8) is 0 Å². The number of rotatable bonds is 2. The van der Waals surface area contributed by atoms with Crippen molar-refractivity contribution in [1.82, 2.24) is 9.62 Å². The van der Waals surface area contributed by atoms with Gasteiger partial charge in [-0.1, -0.05) is 12.1 Å². The molecule has 0 saturated carbocycles. The average Bonchev–Trinajstić information content (AvgIpc) is 2.38. The highest BCUT2D eigenvalue weighted by molar-refractivity contribution is 7.89. The summed E-state index contributed by atoms with van der Waals surface area (Å²) in [7, 11) is -3.57. The van der Waals surface area contributed by atoms with Crippen LogP contribution in [0.5, 0.6) is 0 Å². The molecule has 1 aromatic carbocycles. The van der Waals surface area contributed by atoms with Crippen LogP contribution in [0.15, 0.2) is 29.2 Å². The van der Waals surface area contributed by atoms with E-state index in [0.717, 1.165) is 0 Å². The van der Waals surface area contributed by atoms with Crippen LogP contribution < -0.4 is 5.32 Å². The molecule has 1 aliphatic heterocycles. The lowest BCUT2D eigenvalue weighted by atomic mass is 10.2. The second-order valence-corrected chi connectivity index (χ2v) is 6.23. The van der Waals surface area contributed by atoms with Gasteiger partial charge in [-0.05, 0) is 19.1 Å². The number of piperazine rings is 1. The van der Waals surface area contributed by atoms with Crippen molar-refractivity contribution in [2.24, 2.45) is 0 Å². The molecule has 1 N–H and O–H groups in total. The van der Waals surface area contributed by atoms with Crippen molar-refractivity contribution in [3.8, 4) is 6.07 Å². The van der Waals surface area contributed by atoms with Gasteiger partial charge in [0.15, 0.2) is 0 Å². The van der Waals surface area contributed by atoms with Gasteiger partial charge < -0.3 is 5.32 Å². The summed E-state index contributed by atoms with van der Waals surface area (Å²) in [5, 5.41) is 12.2. The molecule has 6 heteroatoms. The predicted molar refractivity (Wildman–Crippen MR) is 67.4 cm³/mol. The van der Waals surface area contributed by atoms with Crippen molar-refractivity contribution < 1.29 is 8.42 Å². The first-order valence-corrected chi connectivity index (χ1v) is 7.22. The molecule has 0 bridgehead atoms. The van der Waals surface area contributed by atoms with Crippen LogP contribution in [0.25, 0.3) is 0 Å². The zero-order valence-corrected chi connectivity index (χ0v) is 10.9. The van der Waals surface area contributed by atoms with Gasteiger partial charge in [0, 0.05) is 25.7 Å². The maximum absolute atomic E-state index is 12.5. The van der Waals surface area contributed by atoms with E-state index in [1.807, 2.05) is 13.0 Å². The fourth-order valence-electron chi connectivity index (χ4n) is 2.04. The first-order chi connectivity index (χ1) is 8.55. The van der Waals surface area contributed by atoms with E-state index < -0.39 is 10.0 Å². The lowest BCUT2D eigenvalue weighted by Gasteiger charge is -2.31. The average molecular weight is 265 g/mol. The fourth-order valence-corrected chi connectivity index (χ4v) is 3.71. The number of hydrogen-bond donors (Lipinski definition) is 1. The number of benzene rings is 1. The summed E-state index contributed by atoms with van der Waals surface area (Å²) in [6.45, 7) is 3.45. The minimum absolute atomic E-state index is 0.0987. The molecule has 0 aromatic heterocycles. The molecule has 1 fully saturated rings. The largest absolute Gasteiger partial charge is 0.312 e. The Morgan fingerprint density at radius 1 is 1.44 bits per heavy atom. The van der Waals surface area contributed by atoms with Gasteiger partial charge in [-0.25, -0.2) is 8.42 Å². The van der Waals surface area contributed by atoms with Gasteiger partial charge in [0.05, 0.1) is 10.5 Å². The third-order valence-corrected chi connectivity index (χ3v) is 4.88. The van der Waals surface area contributed by atoms with E-state index in [-0.39, 0.29) is 16.5 Å². The molecular weight excluding hydrogens is 250 g/mol. The molecular formula is C12H15N3O2S. The van der Waals surface area contributed by atoms with Crippen LogP contribution in [0, 0.1) is 11.3 Å². The van der Waals surface area contributed by atoms with Crippen molar-refractivity contribution in [2.75, 3.05) is 19.6 Å². The number of nitriles is 1. The maximum atomic E-state index is 12.5. The normalized spacial score (nSPS) is 21.4. The van der Waals surface area contributed by atoms with Crippen LogP contribution in [0.1, 0.15) is 12.5 Å². The molecule has 0 aliphatic carbocycles. The van der Waals surface area contributed by atoms with E-state index in [1.165, 1.54) is 16.4 Å². The van der Waals surface area contributed by atoms with Crippen LogP contribution in [0.4, 0.5) is 0 Å². The second-order valence-electron chi connectivity index (χ2n) is 4.33. The van der Waals surface area contributed by atoms with Crippen LogP contribution in [0.3, 0.4) is 0 Å². The highest BCUT2D eigenvalue weighted by Crippen LogP contribution is 2.20. The van der Waals surface area contributed by atoms with E-state index in [0.29, 0.717) is 19.6 Å². The third kappa shape index (κ3) is 2.38. The predicted octanol–water partition coefficient (Wildman–Crippen LogP) is 0.541. The van der Waals surface area contributed by atoms with E-state index in [4.69, 9.17) is 5.26 Å². The third-order valence-electron chi connectivity index (χ3n) is 2.96. The van der Waals surface area contributed by atoms with E-state index in [2.05, 4.69) is 5.32 Å². The Hall–Kier alpha value is -1.42. The highest BCUT2D eigenvalue weighted by atomic mass is 32.2. The standard InChI is InChI=1S/C12H15N3O2S/c1-10-9-15(7-6-14-10)18(16,17)12-5-3-2-4-11(12)8-13/h2-5,10,14H,6-7,9H2,1H3/t10-/m1/s1. The number of hydrogen-bond acceptors (Lipinski definition) is 4. The van der Waals surface area contributed by atoms with Crippen molar-refractivity contribution in [2.45, 2.75) is 17.9 Å². The molecule has 18 heavy (non-hydrogen) atoms. The Bertz CT molecular complexity index is 577. The first-order valence-electron chi connectivity index (χ1n) is 5.78. The molecule has 0 radical (unpaired) electrons. The smallest absolute Gasteiger partial charge is 0.244 e. The summed E-state index contributed by atoms with van der Waals surface area (Å²) in [5.41, 5.74) is 0.198. The van der Waals surface area contributed by atoms with Gasteiger partial charge in [-0.15, -0.1) is 0 Å². The molecule has 0 amide bonds. The minimum Gasteiger partial charge on any atom is -0.312 e. The van der Waals surface area contributed by atoms with E-state index >= 15 is 0 Å². The summed E-state index contributed by atoms with van der Waals surface area (Å²) < 4.78 is 26.4. The van der Waals surface area contributed by atoms with Crippen LogP contribution in [-0.4, -0.2) is 38.4 Å². The number of nitrogens with zero attached hydrogens (tertiary/aromatic N) is 2. The summed E-state index contributed by atoms with van der Waals surface area (Å²) in [6, 6.07) is 8.37. The van der Waals surface area contributed by atoms with Gasteiger partial charge in [0.25, 0.3) is 0 Å². The summed E-state index contributed by atoms with van der Waals surface area (Å²) >= 11 is 0. The summed E-state index contributed by atoms with van der Waals surface area (Å²) in [6.07, 6.45) is 0. The number of sulfonamides is 1. The van der Waals surface area contributed by atoms with E-state index in [9.17, 15) is 8.42 Å². The topological polar surface area (TPSA) is 73.2 Å². The lowest BCUT2D eigenvalue weighted by Crippen LogP contribution is -2.51. The lowest BCUT2D eigenvalue weighted by molar-refractivity contribution is 0.310. The zero-order chi connectivity index (χ0) is 13.2. The molecule has 5 nitrogen and oxygen atoms in total. The minimum atomic E-state index is -3.57. The molecule has 0 unspecified atom stereocenters. The van der Waals surface area contributed by atoms with Gasteiger partial charge in [0.1, 0.15) is 6.07 Å². The Morgan fingerprint density at radius 2 is 2.17 bits per heavy atom. The SMILES string of the molecule is C[C@@H]1CN(S(=O)(=O)c2ccccc2C#N)CCN1. The van der Waals surface area contributed by atoms with Crippen molar-refractivity contribution in [3.05, 3.63) is 29.8 Å². The van der Waals surface area contributed by atoms with Crippen LogP contribution in [0.2, 0.25) is 0 Å². The van der Waals surface area contributed by atoms with Crippen LogP contribution in [-0.2, 0) is 10.0 Å². The Morgan fingerprint density at radius 3 is 2.83 bits per heavy atom. The van der Waals surface area contributed by atoms with E-state index in [1.54, 1.807) is 12.1 Å². The molecule has 0 spiro atoms. The monoisotopic (exact) mass is 265 g/mol. The quantitative estimate of drug-likeness (QED) is 0.847. The van der Waals surface area contributed by atoms with Crippen molar-refractivity contribution in [1.29, 1.82) is 5.26 Å². The van der Waals surface area contributed by atoms with Gasteiger partial charge in [-0.3, -0.25) is 0 Å². The van der Waals surface area contributed by atoms with Crippen molar-refractivity contribution >= 4 is 10.0 Å². The first kappa shape index (κ1) is 13.0. The fraction of sp³-hybridized carbons (Fsp3) is 0.417. The summed E-state index contributed by atoms with van der Waals surface area (Å²) in [5.74, 6) is 0. The maximum Gasteiger partial charge on any atom is 0.244 e. The zero-order valence-electron chi connectivity index (χ0n) is 10.1. The molecule has 1 heterocycles. The van der Waals surface area contributed by atoms with Gasteiger partial charge >= 0.3 is 0 Å². The Balaban J connectivity index is 2.39. The summed E-state index contributed by atoms with van der Waals surface area (Å²) in [4.78, 5) is 0.0987. The Labute approximate surface area is 107 Å². The molecule has 1 atom stereocenters. The molecule has 1 saturated heterocycles.